The van der Waals surface area contributed by atoms with Gasteiger partial charge in [0.15, 0.2) is 5.58 Å². The summed E-state index contributed by atoms with van der Waals surface area (Å²) >= 11 is 1.30. The molecule has 0 atom stereocenters. The Labute approximate surface area is 165 Å². The molecule has 0 unspecified atom stereocenters. The van der Waals surface area contributed by atoms with Gasteiger partial charge in [-0.1, -0.05) is 43.0 Å². The quantitative estimate of drug-likeness (QED) is 0.399. The topological polar surface area (TPSA) is 91.8 Å². The van der Waals surface area contributed by atoms with Crippen molar-refractivity contribution in [3.8, 4) is 6.07 Å². The van der Waals surface area contributed by atoms with Crippen LogP contribution in [0, 0.1) is 11.3 Å². The van der Waals surface area contributed by atoms with E-state index in [1.165, 1.54) is 11.8 Å². The van der Waals surface area contributed by atoms with Gasteiger partial charge in [-0.2, -0.15) is 5.26 Å². The van der Waals surface area contributed by atoms with E-state index in [4.69, 9.17) is 9.68 Å². The van der Waals surface area contributed by atoms with Crippen LogP contribution in [0.15, 0.2) is 58.0 Å². The van der Waals surface area contributed by atoms with E-state index in [9.17, 15) is 4.79 Å². The van der Waals surface area contributed by atoms with Crippen molar-refractivity contribution in [2.24, 2.45) is 0 Å². The molecule has 0 spiro atoms. The van der Waals surface area contributed by atoms with Crippen molar-refractivity contribution in [2.45, 2.75) is 18.4 Å². The van der Waals surface area contributed by atoms with E-state index in [0.29, 0.717) is 34.1 Å². The van der Waals surface area contributed by atoms with Crippen LogP contribution in [0.4, 0.5) is 5.69 Å². The number of carbonyl (C=O) groups is 1. The highest BCUT2D eigenvalue weighted by atomic mass is 32.2. The average Bonchev–Trinajstić information content (AvgIpc) is 3.11. The zero-order valence-electron chi connectivity index (χ0n) is 15.1. The molecule has 6 nitrogen and oxygen atoms in total. The smallest absolute Gasteiger partial charge is 0.234 e. The van der Waals surface area contributed by atoms with E-state index in [-0.39, 0.29) is 11.7 Å². The fraction of sp³-hybridized carbons (Fsp3) is 0.143. The third kappa shape index (κ3) is 3.42. The Morgan fingerprint density at radius 2 is 1.96 bits per heavy atom. The Kier molecular flexibility index (Phi) is 4.96. The van der Waals surface area contributed by atoms with Crippen LogP contribution >= 0.6 is 11.8 Å². The first-order valence-corrected chi connectivity index (χ1v) is 9.78. The number of furan rings is 1. The molecule has 4 aromatic rings. The first-order chi connectivity index (χ1) is 13.7. The summed E-state index contributed by atoms with van der Waals surface area (Å²) in [5.41, 5.74) is 3.03. The van der Waals surface area contributed by atoms with Crippen LogP contribution in [0.5, 0.6) is 0 Å². The molecule has 28 heavy (non-hydrogen) atoms. The summed E-state index contributed by atoms with van der Waals surface area (Å²) in [6, 6.07) is 16.7. The Balaban J connectivity index is 1.61. The lowest BCUT2D eigenvalue weighted by Crippen LogP contribution is -2.15. The van der Waals surface area contributed by atoms with Crippen molar-refractivity contribution in [2.75, 3.05) is 11.1 Å². The normalized spacial score (nSPS) is 10.9. The number of rotatable bonds is 5. The maximum absolute atomic E-state index is 12.4. The minimum absolute atomic E-state index is 0.145. The van der Waals surface area contributed by atoms with Gasteiger partial charge in [-0.15, -0.1) is 0 Å². The van der Waals surface area contributed by atoms with Crippen molar-refractivity contribution in [1.29, 1.82) is 5.26 Å². The highest BCUT2D eigenvalue weighted by Crippen LogP contribution is 2.33. The molecule has 0 radical (unpaired) electrons. The van der Waals surface area contributed by atoms with Gasteiger partial charge in [0.1, 0.15) is 28.0 Å². The molecular formula is C21H16N4O2S. The summed E-state index contributed by atoms with van der Waals surface area (Å²) in [6.07, 6.45) is 0.685. The van der Waals surface area contributed by atoms with E-state index in [1.54, 1.807) is 24.3 Å². The molecule has 0 saturated carbocycles. The molecular weight excluding hydrogens is 372 g/mol. The van der Waals surface area contributed by atoms with Gasteiger partial charge in [0.05, 0.1) is 17.0 Å². The van der Waals surface area contributed by atoms with Crippen LogP contribution < -0.4 is 5.32 Å². The Hall–Kier alpha value is -3.37. The van der Waals surface area contributed by atoms with Gasteiger partial charge in [-0.05, 0) is 24.3 Å². The number of hydrogen-bond acceptors (Lipinski definition) is 6. The number of nitrogens with zero attached hydrogens (tertiary/aromatic N) is 3. The number of para-hydroxylation sites is 2. The predicted octanol–water partition coefficient (Wildman–Crippen LogP) is 4.54. The van der Waals surface area contributed by atoms with Crippen molar-refractivity contribution in [3.63, 3.8) is 0 Å². The number of anilines is 1. The van der Waals surface area contributed by atoms with Gasteiger partial charge in [0.2, 0.25) is 5.91 Å². The summed E-state index contributed by atoms with van der Waals surface area (Å²) in [6.45, 7) is 1.99. The molecule has 0 saturated heterocycles. The lowest BCUT2D eigenvalue weighted by atomic mass is 10.2. The summed E-state index contributed by atoms with van der Waals surface area (Å²) in [7, 11) is 0. The van der Waals surface area contributed by atoms with E-state index in [2.05, 4.69) is 21.4 Å². The summed E-state index contributed by atoms with van der Waals surface area (Å²) in [5, 5.41) is 13.5. The van der Waals surface area contributed by atoms with Gasteiger partial charge >= 0.3 is 0 Å². The molecule has 1 amide bonds. The minimum atomic E-state index is -0.214. The maximum atomic E-state index is 12.4. The fourth-order valence-electron chi connectivity index (χ4n) is 2.88. The van der Waals surface area contributed by atoms with Gasteiger partial charge < -0.3 is 9.73 Å². The third-order valence-electron chi connectivity index (χ3n) is 4.21. The first kappa shape index (κ1) is 18.0. The van der Waals surface area contributed by atoms with E-state index in [1.807, 2.05) is 31.2 Å². The van der Waals surface area contributed by atoms with Crippen LogP contribution in [0.2, 0.25) is 0 Å². The molecule has 7 heteroatoms. The Morgan fingerprint density at radius 3 is 2.79 bits per heavy atom. The molecule has 138 valence electrons. The highest BCUT2D eigenvalue weighted by molar-refractivity contribution is 8.00. The van der Waals surface area contributed by atoms with Crippen molar-refractivity contribution in [1.82, 2.24) is 9.97 Å². The van der Waals surface area contributed by atoms with Crippen molar-refractivity contribution in [3.05, 3.63) is 59.9 Å². The van der Waals surface area contributed by atoms with Crippen LogP contribution in [0.25, 0.3) is 22.1 Å². The molecule has 2 heterocycles. The lowest BCUT2D eigenvalue weighted by molar-refractivity contribution is -0.113. The number of hydrogen-bond donors (Lipinski definition) is 1. The second-order valence-corrected chi connectivity index (χ2v) is 7.03. The van der Waals surface area contributed by atoms with E-state index < -0.39 is 0 Å². The largest absolute Gasteiger partial charge is 0.451 e. The Morgan fingerprint density at radius 1 is 1.18 bits per heavy atom. The number of nitriles is 1. The van der Waals surface area contributed by atoms with Gasteiger partial charge in [0, 0.05) is 11.8 Å². The van der Waals surface area contributed by atoms with Crippen molar-refractivity contribution >= 4 is 45.4 Å². The molecule has 0 bridgehead atoms. The number of fused-ring (bicyclic) bond motifs is 3. The first-order valence-electron chi connectivity index (χ1n) is 8.79. The maximum Gasteiger partial charge on any atom is 0.234 e. The predicted molar refractivity (Wildman–Crippen MR) is 109 cm³/mol. The molecule has 0 aliphatic rings. The number of aryl methyl sites for hydroxylation is 1. The third-order valence-corrected chi connectivity index (χ3v) is 5.17. The number of nitrogens with one attached hydrogen (secondary N) is 1. The van der Waals surface area contributed by atoms with Crippen molar-refractivity contribution < 1.29 is 9.21 Å². The number of thioether (sulfide) groups is 1. The van der Waals surface area contributed by atoms with Gasteiger partial charge in [-0.25, -0.2) is 9.97 Å². The number of benzene rings is 2. The molecule has 2 aromatic carbocycles. The summed E-state index contributed by atoms with van der Waals surface area (Å²) in [4.78, 5) is 21.6. The zero-order chi connectivity index (χ0) is 19.5. The Bertz CT molecular complexity index is 1230. The number of amides is 1. The summed E-state index contributed by atoms with van der Waals surface area (Å²) < 4.78 is 5.95. The SMILES string of the molecule is CCc1nc(SCC(=O)Nc2ccccc2C#N)c2oc3ccccc3c2n1. The fourth-order valence-corrected chi connectivity index (χ4v) is 3.65. The average molecular weight is 388 g/mol. The number of carbonyl (C=O) groups excluding carboxylic acids is 1. The minimum Gasteiger partial charge on any atom is -0.451 e. The van der Waals surface area contributed by atoms with Crippen LogP contribution in [0.1, 0.15) is 18.3 Å². The van der Waals surface area contributed by atoms with E-state index in [0.717, 1.165) is 16.5 Å². The van der Waals surface area contributed by atoms with Crippen LogP contribution in [-0.2, 0) is 11.2 Å². The lowest BCUT2D eigenvalue weighted by Gasteiger charge is -2.07. The standard InChI is InChI=1S/C21H16N4O2S/c1-2-17-24-19-14-8-4-6-10-16(14)27-20(19)21(25-17)28-12-18(26)23-15-9-5-3-7-13(15)11-22/h3-10H,2,12H2,1H3,(H,23,26). The monoisotopic (exact) mass is 388 g/mol. The second-order valence-electron chi connectivity index (χ2n) is 6.07. The number of aromatic nitrogens is 2. The second kappa shape index (κ2) is 7.71. The molecule has 2 aromatic heterocycles. The van der Waals surface area contributed by atoms with Gasteiger partial charge in [-0.3, -0.25) is 4.79 Å². The van der Waals surface area contributed by atoms with Crippen LogP contribution in [0.3, 0.4) is 0 Å². The summed E-state index contributed by atoms with van der Waals surface area (Å²) in [5.74, 6) is 0.636. The molecule has 0 aliphatic heterocycles. The van der Waals surface area contributed by atoms with E-state index >= 15 is 0 Å². The molecule has 0 aliphatic carbocycles. The molecule has 4 rings (SSSR count). The zero-order valence-corrected chi connectivity index (χ0v) is 15.9. The molecule has 0 fully saturated rings. The highest BCUT2D eigenvalue weighted by Gasteiger charge is 2.17. The van der Waals surface area contributed by atoms with Crippen LogP contribution in [-0.4, -0.2) is 21.6 Å². The van der Waals surface area contributed by atoms with Gasteiger partial charge in [0.25, 0.3) is 0 Å². The molecule has 1 N–H and O–H groups in total.